The number of para-hydroxylation sites is 1. The number of methoxy groups -OCH3 is 1. The summed E-state index contributed by atoms with van der Waals surface area (Å²) in [6, 6.07) is 18.7. The smallest absolute Gasteiger partial charge is 0.272 e. The van der Waals surface area contributed by atoms with Crippen LogP contribution in [-0.2, 0) is 25.7 Å². The second-order valence-electron chi connectivity index (χ2n) is 6.21. The summed E-state index contributed by atoms with van der Waals surface area (Å²) in [6.07, 6.45) is 0.666. The fourth-order valence-electron chi connectivity index (χ4n) is 2.77. The maximum absolute atomic E-state index is 13.0. The van der Waals surface area contributed by atoms with Gasteiger partial charge in [0.05, 0.1) is 17.5 Å². The van der Waals surface area contributed by atoms with Gasteiger partial charge in [-0.05, 0) is 41.0 Å². The van der Waals surface area contributed by atoms with Crippen LogP contribution in [0, 0.1) is 0 Å². The standard InChI is InChI=1S/C19H22N4O4S/c1-26-15-27-18(13-12-16-8-4-2-5-9-16)14-28(24,25)19-20-21-22-23(19)17-10-6-3-7-11-17/h2-11,18H,12-15H2,1H3. The van der Waals surface area contributed by atoms with Crippen LogP contribution in [0.5, 0.6) is 0 Å². The van der Waals surface area contributed by atoms with Crippen LogP contribution in [-0.4, -0.2) is 54.4 Å². The molecule has 0 spiro atoms. The maximum atomic E-state index is 13.0. The highest BCUT2D eigenvalue weighted by Gasteiger charge is 2.28. The summed E-state index contributed by atoms with van der Waals surface area (Å²) >= 11 is 0. The van der Waals surface area contributed by atoms with Gasteiger partial charge in [-0.15, -0.1) is 0 Å². The van der Waals surface area contributed by atoms with Gasteiger partial charge in [0.15, 0.2) is 0 Å². The number of aryl methyl sites for hydroxylation is 1. The first-order chi connectivity index (χ1) is 13.6. The topological polar surface area (TPSA) is 96.2 Å². The first kappa shape index (κ1) is 20.1. The van der Waals surface area contributed by atoms with E-state index in [1.54, 1.807) is 24.3 Å². The first-order valence-corrected chi connectivity index (χ1v) is 10.5. The van der Waals surface area contributed by atoms with Gasteiger partial charge in [0.25, 0.3) is 5.16 Å². The summed E-state index contributed by atoms with van der Waals surface area (Å²) in [4.78, 5) is 0. The Labute approximate surface area is 164 Å². The molecule has 1 aromatic heterocycles. The van der Waals surface area contributed by atoms with E-state index < -0.39 is 15.9 Å². The number of hydrogen-bond acceptors (Lipinski definition) is 7. The summed E-state index contributed by atoms with van der Waals surface area (Å²) in [5, 5.41) is 10.9. The molecule has 2 aromatic carbocycles. The van der Waals surface area contributed by atoms with E-state index in [4.69, 9.17) is 9.47 Å². The second-order valence-corrected chi connectivity index (χ2v) is 8.14. The van der Waals surface area contributed by atoms with Gasteiger partial charge in [-0.25, -0.2) is 8.42 Å². The van der Waals surface area contributed by atoms with Gasteiger partial charge >= 0.3 is 0 Å². The molecule has 1 atom stereocenters. The van der Waals surface area contributed by atoms with E-state index in [0.717, 1.165) is 5.56 Å². The third kappa shape index (κ3) is 5.22. The van der Waals surface area contributed by atoms with Crippen molar-refractivity contribution in [2.75, 3.05) is 19.7 Å². The SMILES string of the molecule is COCOC(CCc1ccccc1)CS(=O)(=O)c1nnnn1-c1ccccc1. The molecule has 1 heterocycles. The van der Waals surface area contributed by atoms with Crippen molar-refractivity contribution < 1.29 is 17.9 Å². The summed E-state index contributed by atoms with van der Waals surface area (Å²) in [6.45, 7) is 0.0125. The molecule has 1 unspecified atom stereocenters. The van der Waals surface area contributed by atoms with Gasteiger partial charge < -0.3 is 9.47 Å². The van der Waals surface area contributed by atoms with E-state index in [1.165, 1.54) is 11.8 Å². The van der Waals surface area contributed by atoms with Crippen molar-refractivity contribution in [1.82, 2.24) is 20.2 Å². The van der Waals surface area contributed by atoms with Crippen LogP contribution in [0.3, 0.4) is 0 Å². The maximum Gasteiger partial charge on any atom is 0.272 e. The second kappa shape index (κ2) is 9.54. The van der Waals surface area contributed by atoms with Crippen molar-refractivity contribution in [2.45, 2.75) is 24.1 Å². The number of tetrazole rings is 1. The van der Waals surface area contributed by atoms with Gasteiger partial charge in [0.1, 0.15) is 6.79 Å². The van der Waals surface area contributed by atoms with Crippen LogP contribution >= 0.6 is 0 Å². The molecular formula is C19H22N4O4S. The summed E-state index contributed by atoms with van der Waals surface area (Å²) < 4.78 is 37.8. The zero-order valence-corrected chi connectivity index (χ0v) is 16.3. The molecule has 0 aliphatic heterocycles. The minimum Gasteiger partial charge on any atom is -0.359 e. The van der Waals surface area contributed by atoms with Crippen molar-refractivity contribution in [1.29, 1.82) is 0 Å². The zero-order chi connectivity index (χ0) is 19.8. The van der Waals surface area contributed by atoms with Crippen molar-refractivity contribution in [2.24, 2.45) is 0 Å². The quantitative estimate of drug-likeness (QED) is 0.479. The van der Waals surface area contributed by atoms with Crippen LogP contribution in [0.1, 0.15) is 12.0 Å². The first-order valence-electron chi connectivity index (χ1n) is 8.81. The molecule has 0 saturated heterocycles. The van der Waals surface area contributed by atoms with E-state index >= 15 is 0 Å². The molecule has 0 aliphatic rings. The molecule has 9 heteroatoms. The molecule has 0 aliphatic carbocycles. The fraction of sp³-hybridized carbons (Fsp3) is 0.316. The minimum absolute atomic E-state index is 0.0125. The van der Waals surface area contributed by atoms with Gasteiger partial charge in [-0.2, -0.15) is 4.68 Å². The fourth-order valence-corrected chi connectivity index (χ4v) is 4.24. The van der Waals surface area contributed by atoms with Crippen LogP contribution in [0.4, 0.5) is 0 Å². The Balaban J connectivity index is 1.77. The highest BCUT2D eigenvalue weighted by atomic mass is 32.2. The lowest BCUT2D eigenvalue weighted by atomic mass is 10.1. The molecular weight excluding hydrogens is 380 g/mol. The average Bonchev–Trinajstić information content (AvgIpc) is 3.22. The van der Waals surface area contributed by atoms with Crippen LogP contribution in [0.25, 0.3) is 5.69 Å². The predicted octanol–water partition coefficient (Wildman–Crippen LogP) is 2.06. The Bertz CT molecular complexity index is 962. The zero-order valence-electron chi connectivity index (χ0n) is 15.5. The highest BCUT2D eigenvalue weighted by molar-refractivity contribution is 7.91. The van der Waals surface area contributed by atoms with E-state index in [-0.39, 0.29) is 17.7 Å². The van der Waals surface area contributed by atoms with Gasteiger partial charge in [0.2, 0.25) is 9.84 Å². The molecule has 8 nitrogen and oxygen atoms in total. The third-order valence-electron chi connectivity index (χ3n) is 4.14. The third-order valence-corrected chi connectivity index (χ3v) is 5.77. The Kier molecular flexibility index (Phi) is 6.85. The van der Waals surface area contributed by atoms with Crippen molar-refractivity contribution in [3.8, 4) is 5.69 Å². The summed E-state index contributed by atoms with van der Waals surface area (Å²) in [5.74, 6) is -0.240. The van der Waals surface area contributed by atoms with Crippen molar-refractivity contribution in [3.63, 3.8) is 0 Å². The van der Waals surface area contributed by atoms with Crippen molar-refractivity contribution in [3.05, 3.63) is 66.2 Å². The molecule has 0 amide bonds. The van der Waals surface area contributed by atoms with Crippen molar-refractivity contribution >= 4 is 9.84 Å². The lowest BCUT2D eigenvalue weighted by Crippen LogP contribution is -2.27. The van der Waals surface area contributed by atoms with E-state index in [0.29, 0.717) is 18.5 Å². The lowest BCUT2D eigenvalue weighted by Gasteiger charge is -2.17. The number of benzene rings is 2. The van der Waals surface area contributed by atoms with Gasteiger partial charge in [0, 0.05) is 7.11 Å². The number of sulfone groups is 1. The van der Waals surface area contributed by atoms with Crippen LogP contribution < -0.4 is 0 Å². The average molecular weight is 402 g/mol. The van der Waals surface area contributed by atoms with Crippen LogP contribution in [0.2, 0.25) is 0 Å². The van der Waals surface area contributed by atoms with E-state index in [9.17, 15) is 8.42 Å². The molecule has 148 valence electrons. The van der Waals surface area contributed by atoms with E-state index in [2.05, 4.69) is 15.5 Å². The molecule has 0 saturated carbocycles. The predicted molar refractivity (Wildman–Crippen MR) is 103 cm³/mol. The lowest BCUT2D eigenvalue weighted by molar-refractivity contribution is -0.0659. The summed E-state index contributed by atoms with van der Waals surface area (Å²) in [5.41, 5.74) is 1.68. The van der Waals surface area contributed by atoms with Gasteiger partial charge in [-0.3, -0.25) is 0 Å². The number of aromatic nitrogens is 4. The Morgan fingerprint density at radius 3 is 2.39 bits per heavy atom. The molecule has 0 N–H and O–H groups in total. The number of rotatable bonds is 10. The monoisotopic (exact) mass is 402 g/mol. The Morgan fingerprint density at radius 2 is 1.71 bits per heavy atom. The molecule has 0 radical (unpaired) electrons. The molecule has 0 fully saturated rings. The molecule has 28 heavy (non-hydrogen) atoms. The Morgan fingerprint density at radius 1 is 1.04 bits per heavy atom. The Hall–Kier alpha value is -2.62. The summed E-state index contributed by atoms with van der Waals surface area (Å²) in [7, 11) is -2.28. The minimum atomic E-state index is -3.78. The molecule has 0 bridgehead atoms. The molecule has 3 rings (SSSR count). The highest BCUT2D eigenvalue weighted by Crippen LogP contribution is 2.17. The molecule has 3 aromatic rings. The number of ether oxygens (including phenoxy) is 2. The van der Waals surface area contributed by atoms with Crippen LogP contribution in [0.15, 0.2) is 65.8 Å². The largest absolute Gasteiger partial charge is 0.359 e. The van der Waals surface area contributed by atoms with E-state index in [1.807, 2.05) is 36.4 Å². The number of nitrogens with zero attached hydrogens (tertiary/aromatic N) is 4. The normalized spacial score (nSPS) is 12.8. The number of hydrogen-bond donors (Lipinski definition) is 0. The van der Waals surface area contributed by atoms with Gasteiger partial charge in [-0.1, -0.05) is 53.6 Å².